The van der Waals surface area contributed by atoms with Crippen molar-refractivity contribution in [1.29, 1.82) is 0 Å². The van der Waals surface area contributed by atoms with Gasteiger partial charge < -0.3 is 8.83 Å². The summed E-state index contributed by atoms with van der Waals surface area (Å²) in [6.45, 7) is 0. The van der Waals surface area contributed by atoms with Crippen molar-refractivity contribution in [2.45, 2.75) is 0 Å². The topological polar surface area (TPSA) is 26.3 Å². The maximum Gasteiger partial charge on any atom is 0.178 e. The molecule has 0 bridgehead atoms. The summed E-state index contributed by atoms with van der Waals surface area (Å²) in [6, 6.07) is 46.0. The standard InChI is InChI=1S/C40H22O2S/c1-3-11-28-26(9-1)36(24-17-19-35-33(22-24)25-8-5-6-15-34(25)43-35)27-10-2-4-12-29(27)37(28)32-14-7-13-30-31-18-16-23-20-21-41-38(23)40(31)42-39(30)32/h1-22H. The van der Waals surface area contributed by atoms with E-state index in [1.54, 1.807) is 6.26 Å². The van der Waals surface area contributed by atoms with Crippen LogP contribution in [0.3, 0.4) is 0 Å². The fourth-order valence-electron chi connectivity index (χ4n) is 7.09. The molecule has 0 spiro atoms. The number of para-hydroxylation sites is 1. The lowest BCUT2D eigenvalue weighted by molar-refractivity contribution is 0.600. The smallest absolute Gasteiger partial charge is 0.178 e. The molecule has 200 valence electrons. The van der Waals surface area contributed by atoms with E-state index in [9.17, 15) is 0 Å². The highest BCUT2D eigenvalue weighted by molar-refractivity contribution is 7.25. The van der Waals surface area contributed by atoms with Gasteiger partial charge in [0.2, 0.25) is 0 Å². The van der Waals surface area contributed by atoms with Crippen molar-refractivity contribution in [3.05, 3.63) is 134 Å². The Morgan fingerprint density at radius 3 is 1.86 bits per heavy atom. The molecule has 0 saturated heterocycles. The van der Waals surface area contributed by atoms with E-state index in [1.165, 1.54) is 58.4 Å². The number of thiophene rings is 1. The Bertz CT molecular complexity index is 2680. The van der Waals surface area contributed by atoms with Crippen LogP contribution in [0.2, 0.25) is 0 Å². The number of benzene rings is 7. The van der Waals surface area contributed by atoms with Crippen LogP contribution < -0.4 is 0 Å². The highest BCUT2D eigenvalue weighted by Gasteiger charge is 2.21. The molecular weight excluding hydrogens is 545 g/mol. The Morgan fingerprint density at radius 2 is 1.07 bits per heavy atom. The molecule has 0 N–H and O–H groups in total. The highest BCUT2D eigenvalue weighted by atomic mass is 32.1. The zero-order valence-electron chi connectivity index (χ0n) is 22.9. The molecule has 0 aliphatic rings. The van der Waals surface area contributed by atoms with E-state index in [0.29, 0.717) is 0 Å². The van der Waals surface area contributed by atoms with Crippen LogP contribution in [0.1, 0.15) is 0 Å². The summed E-state index contributed by atoms with van der Waals surface area (Å²) in [4.78, 5) is 0. The van der Waals surface area contributed by atoms with E-state index in [-0.39, 0.29) is 0 Å². The molecule has 0 saturated carbocycles. The second kappa shape index (κ2) is 8.57. The minimum Gasteiger partial charge on any atom is -0.460 e. The Hall–Kier alpha value is -5.38. The van der Waals surface area contributed by atoms with Crippen LogP contribution in [0.4, 0.5) is 0 Å². The molecule has 0 fully saturated rings. The van der Waals surface area contributed by atoms with E-state index in [2.05, 4.69) is 121 Å². The van der Waals surface area contributed by atoms with Crippen molar-refractivity contribution in [2.24, 2.45) is 0 Å². The van der Waals surface area contributed by atoms with Gasteiger partial charge in [-0.05, 0) is 63.0 Å². The van der Waals surface area contributed by atoms with Gasteiger partial charge in [0.15, 0.2) is 11.2 Å². The SMILES string of the molecule is c1ccc2c(c1)sc1ccc(-c3c4ccccc4c(-c4cccc5c4oc4c5ccc5ccoc54)c4ccccc34)cc12. The largest absolute Gasteiger partial charge is 0.460 e. The second-order valence-electron chi connectivity index (χ2n) is 11.2. The maximum atomic E-state index is 6.71. The average Bonchev–Trinajstić information content (AvgIpc) is 3.78. The Kier molecular flexibility index (Phi) is 4.63. The fourth-order valence-corrected chi connectivity index (χ4v) is 8.18. The normalized spacial score (nSPS) is 12.2. The number of hydrogen-bond donors (Lipinski definition) is 0. The van der Waals surface area contributed by atoms with Gasteiger partial charge in [-0.3, -0.25) is 0 Å². The number of hydrogen-bond acceptors (Lipinski definition) is 3. The molecule has 7 aromatic carbocycles. The third-order valence-electron chi connectivity index (χ3n) is 8.95. The van der Waals surface area contributed by atoms with Gasteiger partial charge in [-0.25, -0.2) is 0 Å². The molecule has 0 unspecified atom stereocenters. The molecule has 10 aromatic rings. The first-order valence-electron chi connectivity index (χ1n) is 14.5. The molecule has 0 amide bonds. The summed E-state index contributed by atoms with van der Waals surface area (Å²) in [6.07, 6.45) is 1.73. The quantitative estimate of drug-likeness (QED) is 0.195. The number of furan rings is 2. The summed E-state index contributed by atoms with van der Waals surface area (Å²) in [7, 11) is 0. The molecular formula is C40H22O2S. The van der Waals surface area contributed by atoms with Gasteiger partial charge in [0.25, 0.3) is 0 Å². The van der Waals surface area contributed by atoms with Crippen LogP contribution in [-0.4, -0.2) is 0 Å². The van der Waals surface area contributed by atoms with E-state index >= 15 is 0 Å². The zero-order chi connectivity index (χ0) is 28.1. The van der Waals surface area contributed by atoms with Gasteiger partial charge in [-0.1, -0.05) is 97.1 Å². The van der Waals surface area contributed by atoms with Crippen molar-refractivity contribution < 1.29 is 8.83 Å². The van der Waals surface area contributed by atoms with Crippen molar-refractivity contribution in [3.8, 4) is 22.3 Å². The van der Waals surface area contributed by atoms with Gasteiger partial charge >= 0.3 is 0 Å². The zero-order valence-corrected chi connectivity index (χ0v) is 23.7. The van der Waals surface area contributed by atoms with Crippen molar-refractivity contribution in [3.63, 3.8) is 0 Å². The minimum atomic E-state index is 0.793. The van der Waals surface area contributed by atoms with Crippen molar-refractivity contribution in [2.75, 3.05) is 0 Å². The second-order valence-corrected chi connectivity index (χ2v) is 12.3. The molecule has 0 radical (unpaired) electrons. The molecule has 2 nitrogen and oxygen atoms in total. The highest BCUT2D eigenvalue weighted by Crippen LogP contribution is 2.48. The first-order valence-corrected chi connectivity index (χ1v) is 15.3. The molecule has 3 heteroatoms. The summed E-state index contributed by atoms with van der Waals surface area (Å²) in [5.74, 6) is 0. The monoisotopic (exact) mass is 566 g/mol. The molecule has 0 aliphatic heterocycles. The van der Waals surface area contributed by atoms with E-state index in [4.69, 9.17) is 8.83 Å². The summed E-state index contributed by atoms with van der Waals surface area (Å²) < 4.78 is 15.2. The molecule has 10 rings (SSSR count). The third kappa shape index (κ3) is 3.17. The number of fused-ring (bicyclic) bond motifs is 10. The first-order chi connectivity index (χ1) is 21.3. The van der Waals surface area contributed by atoms with Crippen molar-refractivity contribution >= 4 is 86.0 Å². The molecule has 43 heavy (non-hydrogen) atoms. The van der Waals surface area contributed by atoms with Crippen molar-refractivity contribution in [1.82, 2.24) is 0 Å². The molecule has 3 heterocycles. The van der Waals surface area contributed by atoms with Crippen LogP contribution >= 0.6 is 11.3 Å². The van der Waals surface area contributed by atoms with E-state index < -0.39 is 0 Å². The van der Waals surface area contributed by atoms with E-state index in [1.807, 2.05) is 17.4 Å². The van der Waals surface area contributed by atoms with Gasteiger partial charge in [0, 0.05) is 47.5 Å². The third-order valence-corrected chi connectivity index (χ3v) is 10.1. The van der Waals surface area contributed by atoms with Crippen LogP contribution in [-0.2, 0) is 0 Å². The Morgan fingerprint density at radius 1 is 0.419 bits per heavy atom. The Labute approximate surface area is 250 Å². The summed E-state index contributed by atoms with van der Waals surface area (Å²) in [5, 5.41) is 10.7. The fraction of sp³-hybridized carbons (Fsp3) is 0. The summed E-state index contributed by atoms with van der Waals surface area (Å²) >= 11 is 1.86. The maximum absolute atomic E-state index is 6.71. The number of rotatable bonds is 2. The lowest BCUT2D eigenvalue weighted by atomic mass is 9.85. The van der Waals surface area contributed by atoms with Crippen LogP contribution in [0.25, 0.3) is 96.9 Å². The van der Waals surface area contributed by atoms with E-state index in [0.717, 1.165) is 38.5 Å². The predicted octanol–water partition coefficient (Wildman–Crippen LogP) is 12.3. The summed E-state index contributed by atoms with van der Waals surface area (Å²) in [5.41, 5.74) is 7.26. The van der Waals surface area contributed by atoms with Gasteiger partial charge in [-0.2, -0.15) is 0 Å². The average molecular weight is 567 g/mol. The van der Waals surface area contributed by atoms with Gasteiger partial charge in [-0.15, -0.1) is 11.3 Å². The molecule has 3 aromatic heterocycles. The van der Waals surface area contributed by atoms with Gasteiger partial charge in [0.1, 0.15) is 5.58 Å². The van der Waals surface area contributed by atoms with Crippen LogP contribution in [0.5, 0.6) is 0 Å². The van der Waals surface area contributed by atoms with Gasteiger partial charge in [0.05, 0.1) is 6.26 Å². The van der Waals surface area contributed by atoms with Crippen LogP contribution in [0, 0.1) is 0 Å². The molecule has 0 aliphatic carbocycles. The lowest BCUT2D eigenvalue weighted by Crippen LogP contribution is -1.91. The van der Waals surface area contributed by atoms with Crippen LogP contribution in [0.15, 0.2) is 142 Å². The first kappa shape index (κ1) is 23.2. The Balaban J connectivity index is 1.33. The molecule has 0 atom stereocenters. The minimum absolute atomic E-state index is 0.793. The predicted molar refractivity (Wildman–Crippen MR) is 182 cm³/mol. The lowest BCUT2D eigenvalue weighted by Gasteiger charge is -2.18.